The number of nitrogens with zero attached hydrogens (tertiary/aromatic N) is 1. The zero-order valence-corrected chi connectivity index (χ0v) is 8.92. The van der Waals surface area contributed by atoms with E-state index < -0.39 is 0 Å². The molecule has 0 fully saturated rings. The van der Waals surface area contributed by atoms with E-state index >= 15 is 0 Å². The summed E-state index contributed by atoms with van der Waals surface area (Å²) in [6, 6.07) is 3.82. The molecular formula is C11H18N2O. The van der Waals surface area contributed by atoms with Crippen LogP contribution in [0.3, 0.4) is 0 Å². The third kappa shape index (κ3) is 2.70. The van der Waals surface area contributed by atoms with Crippen molar-refractivity contribution in [3.63, 3.8) is 0 Å². The Labute approximate surface area is 84.8 Å². The summed E-state index contributed by atoms with van der Waals surface area (Å²) in [5.74, 6) is 0. The summed E-state index contributed by atoms with van der Waals surface area (Å²) >= 11 is 0. The first-order valence-electron chi connectivity index (χ1n) is 5.18. The molecule has 1 aromatic rings. The second-order valence-electron chi connectivity index (χ2n) is 3.31. The number of rotatable bonds is 5. The molecule has 78 valence electrons. The summed E-state index contributed by atoms with van der Waals surface area (Å²) in [6.45, 7) is 6.47. The molecule has 0 radical (unpaired) electrons. The molecule has 3 heteroatoms. The summed E-state index contributed by atoms with van der Waals surface area (Å²) in [7, 11) is 0. The van der Waals surface area contributed by atoms with Crippen LogP contribution in [0.2, 0.25) is 0 Å². The van der Waals surface area contributed by atoms with E-state index in [1.807, 2.05) is 25.3 Å². The van der Waals surface area contributed by atoms with Crippen LogP contribution < -0.4 is 10.9 Å². The SMILES string of the molecule is CCCn1cccc(CNCC)c1=O. The smallest absolute Gasteiger partial charge is 0.255 e. The molecule has 14 heavy (non-hydrogen) atoms. The second kappa shape index (κ2) is 5.60. The van der Waals surface area contributed by atoms with Crippen molar-refractivity contribution in [2.24, 2.45) is 0 Å². The molecule has 0 amide bonds. The lowest BCUT2D eigenvalue weighted by Gasteiger charge is -2.06. The van der Waals surface area contributed by atoms with Gasteiger partial charge < -0.3 is 9.88 Å². The van der Waals surface area contributed by atoms with Crippen LogP contribution in [0.4, 0.5) is 0 Å². The van der Waals surface area contributed by atoms with Crippen LogP contribution in [-0.2, 0) is 13.1 Å². The molecule has 0 bridgehead atoms. The lowest BCUT2D eigenvalue weighted by molar-refractivity contribution is 0.634. The largest absolute Gasteiger partial charge is 0.315 e. The van der Waals surface area contributed by atoms with E-state index in [1.165, 1.54) is 0 Å². The topological polar surface area (TPSA) is 34.0 Å². The maximum atomic E-state index is 11.8. The van der Waals surface area contributed by atoms with Crippen LogP contribution in [0.15, 0.2) is 23.1 Å². The molecule has 1 aromatic heterocycles. The lowest BCUT2D eigenvalue weighted by atomic mass is 10.2. The lowest BCUT2D eigenvalue weighted by Crippen LogP contribution is -2.26. The van der Waals surface area contributed by atoms with Crippen molar-refractivity contribution >= 4 is 0 Å². The van der Waals surface area contributed by atoms with Crippen molar-refractivity contribution in [3.05, 3.63) is 34.2 Å². The number of nitrogens with one attached hydrogen (secondary N) is 1. The van der Waals surface area contributed by atoms with Gasteiger partial charge in [-0.15, -0.1) is 0 Å². The van der Waals surface area contributed by atoms with Gasteiger partial charge in [0.25, 0.3) is 5.56 Å². The van der Waals surface area contributed by atoms with Crippen LogP contribution in [-0.4, -0.2) is 11.1 Å². The van der Waals surface area contributed by atoms with Gasteiger partial charge in [0.2, 0.25) is 0 Å². The van der Waals surface area contributed by atoms with Gasteiger partial charge in [-0.2, -0.15) is 0 Å². The summed E-state index contributed by atoms with van der Waals surface area (Å²) < 4.78 is 1.77. The minimum Gasteiger partial charge on any atom is -0.315 e. The molecule has 3 nitrogen and oxygen atoms in total. The van der Waals surface area contributed by atoms with Gasteiger partial charge in [0.15, 0.2) is 0 Å². The molecule has 0 unspecified atom stereocenters. The van der Waals surface area contributed by atoms with E-state index in [1.54, 1.807) is 4.57 Å². The first kappa shape index (κ1) is 11.0. The third-order valence-electron chi connectivity index (χ3n) is 2.13. The molecule has 1 heterocycles. The van der Waals surface area contributed by atoms with E-state index in [9.17, 15) is 4.79 Å². The third-order valence-corrected chi connectivity index (χ3v) is 2.13. The van der Waals surface area contributed by atoms with Crippen LogP contribution in [0, 0.1) is 0 Å². The van der Waals surface area contributed by atoms with Crippen LogP contribution in [0.25, 0.3) is 0 Å². The standard InChI is InChI=1S/C11H18N2O/c1-3-7-13-8-5-6-10(11(13)14)9-12-4-2/h5-6,8,12H,3-4,7,9H2,1-2H3. The van der Waals surface area contributed by atoms with Gasteiger partial charge in [0.1, 0.15) is 0 Å². The van der Waals surface area contributed by atoms with Crippen molar-refractivity contribution in [1.82, 2.24) is 9.88 Å². The van der Waals surface area contributed by atoms with Crippen LogP contribution in [0.5, 0.6) is 0 Å². The zero-order chi connectivity index (χ0) is 10.4. The van der Waals surface area contributed by atoms with E-state index in [2.05, 4.69) is 12.2 Å². The van der Waals surface area contributed by atoms with Gasteiger partial charge in [-0.1, -0.05) is 19.9 Å². The minimum atomic E-state index is 0.135. The van der Waals surface area contributed by atoms with E-state index in [0.717, 1.165) is 25.1 Å². The molecule has 0 aromatic carbocycles. The maximum absolute atomic E-state index is 11.8. The molecule has 0 saturated heterocycles. The highest BCUT2D eigenvalue weighted by molar-refractivity contribution is 5.10. The van der Waals surface area contributed by atoms with Gasteiger partial charge >= 0.3 is 0 Å². The van der Waals surface area contributed by atoms with Gasteiger partial charge in [-0.05, 0) is 19.0 Å². The fraction of sp³-hybridized carbons (Fsp3) is 0.545. The second-order valence-corrected chi connectivity index (χ2v) is 3.31. The normalized spacial score (nSPS) is 10.4. The molecule has 0 atom stereocenters. The Hall–Kier alpha value is -1.09. The minimum absolute atomic E-state index is 0.135. The fourth-order valence-corrected chi connectivity index (χ4v) is 1.40. The Kier molecular flexibility index (Phi) is 4.40. The molecule has 1 N–H and O–H groups in total. The maximum Gasteiger partial charge on any atom is 0.255 e. The summed E-state index contributed by atoms with van der Waals surface area (Å²) in [6.07, 6.45) is 2.84. The number of aromatic nitrogens is 1. The molecule has 0 spiro atoms. The average molecular weight is 194 g/mol. The Morgan fingerprint density at radius 1 is 1.43 bits per heavy atom. The Bertz CT molecular complexity index is 330. The number of pyridine rings is 1. The van der Waals surface area contributed by atoms with Crippen molar-refractivity contribution in [1.29, 1.82) is 0 Å². The highest BCUT2D eigenvalue weighted by Gasteiger charge is 2.00. The first-order chi connectivity index (χ1) is 6.79. The summed E-state index contributed by atoms with van der Waals surface area (Å²) in [5, 5.41) is 3.16. The zero-order valence-electron chi connectivity index (χ0n) is 8.92. The summed E-state index contributed by atoms with van der Waals surface area (Å²) in [4.78, 5) is 11.8. The van der Waals surface area contributed by atoms with Gasteiger partial charge in [-0.25, -0.2) is 0 Å². The van der Waals surface area contributed by atoms with E-state index in [-0.39, 0.29) is 5.56 Å². The Morgan fingerprint density at radius 2 is 2.21 bits per heavy atom. The van der Waals surface area contributed by atoms with E-state index in [0.29, 0.717) is 6.54 Å². The van der Waals surface area contributed by atoms with Crippen molar-refractivity contribution in [2.75, 3.05) is 6.54 Å². The summed E-state index contributed by atoms with van der Waals surface area (Å²) in [5.41, 5.74) is 0.984. The fourth-order valence-electron chi connectivity index (χ4n) is 1.40. The number of hydrogen-bond donors (Lipinski definition) is 1. The predicted octanol–water partition coefficient (Wildman–Crippen LogP) is 1.37. The number of hydrogen-bond acceptors (Lipinski definition) is 2. The van der Waals surface area contributed by atoms with Crippen molar-refractivity contribution in [3.8, 4) is 0 Å². The molecular weight excluding hydrogens is 176 g/mol. The van der Waals surface area contributed by atoms with Crippen LogP contribution in [0.1, 0.15) is 25.8 Å². The highest BCUT2D eigenvalue weighted by Crippen LogP contribution is 1.93. The van der Waals surface area contributed by atoms with Gasteiger partial charge in [0, 0.05) is 24.8 Å². The van der Waals surface area contributed by atoms with E-state index in [4.69, 9.17) is 0 Å². The van der Waals surface area contributed by atoms with Crippen molar-refractivity contribution < 1.29 is 0 Å². The molecule has 0 aliphatic carbocycles. The predicted molar refractivity (Wildman–Crippen MR) is 58.4 cm³/mol. The first-order valence-corrected chi connectivity index (χ1v) is 5.18. The van der Waals surface area contributed by atoms with Gasteiger partial charge in [-0.3, -0.25) is 4.79 Å². The Balaban J connectivity index is 2.84. The molecule has 0 aliphatic rings. The van der Waals surface area contributed by atoms with Crippen molar-refractivity contribution in [2.45, 2.75) is 33.4 Å². The monoisotopic (exact) mass is 194 g/mol. The van der Waals surface area contributed by atoms with Crippen LogP contribution >= 0.6 is 0 Å². The Morgan fingerprint density at radius 3 is 2.86 bits per heavy atom. The highest BCUT2D eigenvalue weighted by atomic mass is 16.1. The quantitative estimate of drug-likeness (QED) is 0.768. The number of aryl methyl sites for hydroxylation is 1. The molecule has 0 saturated carbocycles. The average Bonchev–Trinajstić information content (AvgIpc) is 2.20. The molecule has 1 rings (SSSR count). The van der Waals surface area contributed by atoms with Gasteiger partial charge in [0.05, 0.1) is 0 Å². The molecule has 0 aliphatic heterocycles.